The predicted molar refractivity (Wildman–Crippen MR) is 129 cm³/mol. The number of ether oxygens (including phenoxy) is 2. The molecular formula is C23H25N5O5S. The summed E-state index contributed by atoms with van der Waals surface area (Å²) in [5.74, 6) is 1.20. The lowest BCUT2D eigenvalue weighted by Gasteiger charge is -2.26. The molecule has 11 heteroatoms. The van der Waals surface area contributed by atoms with Crippen LogP contribution in [0.5, 0.6) is 11.5 Å². The highest BCUT2D eigenvalue weighted by Gasteiger charge is 2.16. The molecule has 10 nitrogen and oxygen atoms in total. The van der Waals surface area contributed by atoms with Crippen LogP contribution in [-0.2, 0) is 21.3 Å². The van der Waals surface area contributed by atoms with E-state index in [2.05, 4.69) is 10.1 Å². The maximum atomic E-state index is 11.5. The molecule has 0 saturated carbocycles. The van der Waals surface area contributed by atoms with Crippen molar-refractivity contribution in [3.63, 3.8) is 0 Å². The van der Waals surface area contributed by atoms with Gasteiger partial charge in [0.05, 0.1) is 56.2 Å². The van der Waals surface area contributed by atoms with Gasteiger partial charge in [0.15, 0.2) is 0 Å². The van der Waals surface area contributed by atoms with Gasteiger partial charge in [-0.1, -0.05) is 0 Å². The molecule has 0 aliphatic heterocycles. The second-order valence-corrected chi connectivity index (χ2v) is 9.22. The fraction of sp³-hybridized carbons (Fsp3) is 0.261. The fourth-order valence-electron chi connectivity index (χ4n) is 3.50. The second kappa shape index (κ2) is 9.65. The van der Waals surface area contributed by atoms with E-state index in [0.717, 1.165) is 28.7 Å². The highest BCUT2D eigenvalue weighted by Crippen LogP contribution is 2.34. The van der Waals surface area contributed by atoms with E-state index in [4.69, 9.17) is 18.6 Å². The quantitative estimate of drug-likeness (QED) is 0.332. The van der Waals surface area contributed by atoms with E-state index in [1.807, 2.05) is 48.5 Å². The molecule has 0 aliphatic carbocycles. The lowest BCUT2D eigenvalue weighted by molar-refractivity contribution is 0.330. The number of hydrogen-bond donors (Lipinski definition) is 0. The van der Waals surface area contributed by atoms with Crippen LogP contribution in [0.2, 0.25) is 0 Å². The zero-order valence-electron chi connectivity index (χ0n) is 19.3. The topological polar surface area (TPSA) is 109 Å². The van der Waals surface area contributed by atoms with E-state index in [1.54, 1.807) is 37.4 Å². The molecule has 0 radical (unpaired) electrons. The molecule has 0 aliphatic rings. The number of hydrogen-bond acceptors (Lipinski definition) is 9. The Balaban J connectivity index is 1.77. The van der Waals surface area contributed by atoms with Gasteiger partial charge >= 0.3 is 0 Å². The number of fused-ring (bicyclic) bond motifs is 1. The van der Waals surface area contributed by atoms with Crippen LogP contribution in [0.1, 0.15) is 0 Å². The van der Waals surface area contributed by atoms with Gasteiger partial charge < -0.3 is 14.4 Å². The summed E-state index contributed by atoms with van der Waals surface area (Å²) >= 11 is 0. The number of methoxy groups -OCH3 is 2. The largest absolute Gasteiger partial charge is 0.497 e. The third kappa shape index (κ3) is 5.43. The number of aromatic nitrogens is 4. The Labute approximate surface area is 197 Å². The van der Waals surface area contributed by atoms with Crippen LogP contribution in [0, 0.1) is 0 Å². The van der Waals surface area contributed by atoms with E-state index in [0.29, 0.717) is 22.7 Å². The Morgan fingerprint density at radius 1 is 0.971 bits per heavy atom. The molecule has 34 heavy (non-hydrogen) atoms. The SMILES string of the molecule is COc1cc(OC)cc(N(CCOS(C)(=O)=O)c2ccc3ncc(-c4cnn(C)c4)nc3c2)c1. The van der Waals surface area contributed by atoms with Crippen molar-refractivity contribution in [1.29, 1.82) is 0 Å². The average molecular weight is 484 g/mol. The first-order valence-corrected chi connectivity index (χ1v) is 12.2. The smallest absolute Gasteiger partial charge is 0.264 e. The Bertz CT molecular complexity index is 1400. The third-order valence-corrected chi connectivity index (χ3v) is 5.69. The van der Waals surface area contributed by atoms with Gasteiger partial charge in [-0.15, -0.1) is 0 Å². The molecule has 2 aromatic carbocycles. The molecule has 0 spiro atoms. The standard InChI is InChI=1S/C23H25N5O5S/c1-27-15-16(13-25-27)23-14-24-21-6-5-17(11-22(21)26-23)28(7-8-33-34(4,29)30)18-9-19(31-2)12-20(10-18)32-3/h5-6,9-15H,7-8H2,1-4H3. The summed E-state index contributed by atoms with van der Waals surface area (Å²) in [6, 6.07) is 11.1. The normalized spacial score (nSPS) is 11.5. The van der Waals surface area contributed by atoms with Crippen molar-refractivity contribution in [3.8, 4) is 22.8 Å². The molecule has 0 atom stereocenters. The molecule has 4 rings (SSSR count). The van der Waals surface area contributed by atoms with Crippen molar-refractivity contribution in [3.05, 3.63) is 55.0 Å². The second-order valence-electron chi connectivity index (χ2n) is 7.58. The number of rotatable bonds is 9. The van der Waals surface area contributed by atoms with Crippen LogP contribution < -0.4 is 14.4 Å². The lowest BCUT2D eigenvalue weighted by Crippen LogP contribution is -2.23. The van der Waals surface area contributed by atoms with Gasteiger partial charge in [-0.3, -0.25) is 13.8 Å². The van der Waals surface area contributed by atoms with Crippen LogP contribution in [0.4, 0.5) is 11.4 Å². The lowest BCUT2D eigenvalue weighted by atomic mass is 10.2. The maximum Gasteiger partial charge on any atom is 0.264 e. The van der Waals surface area contributed by atoms with Gasteiger partial charge in [-0.05, 0) is 18.2 Å². The zero-order valence-corrected chi connectivity index (χ0v) is 20.1. The molecule has 0 unspecified atom stereocenters. The molecule has 0 amide bonds. The van der Waals surface area contributed by atoms with Crippen molar-refractivity contribution in [1.82, 2.24) is 19.7 Å². The molecule has 0 saturated heterocycles. The summed E-state index contributed by atoms with van der Waals surface area (Å²) in [5.41, 5.74) is 4.49. The summed E-state index contributed by atoms with van der Waals surface area (Å²) in [6.45, 7) is 0.211. The van der Waals surface area contributed by atoms with Crippen molar-refractivity contribution >= 4 is 32.5 Å². The molecule has 2 heterocycles. The minimum Gasteiger partial charge on any atom is -0.497 e. The molecule has 4 aromatic rings. The van der Waals surface area contributed by atoms with E-state index < -0.39 is 10.1 Å². The van der Waals surface area contributed by atoms with Crippen molar-refractivity contribution in [2.45, 2.75) is 0 Å². The van der Waals surface area contributed by atoms with Gasteiger partial charge in [0, 0.05) is 54.9 Å². The minimum absolute atomic E-state index is 0.0439. The van der Waals surface area contributed by atoms with E-state index in [1.165, 1.54) is 0 Å². The highest BCUT2D eigenvalue weighted by atomic mass is 32.2. The van der Waals surface area contributed by atoms with Gasteiger partial charge in [-0.25, -0.2) is 4.98 Å². The monoisotopic (exact) mass is 483 g/mol. The van der Waals surface area contributed by atoms with E-state index >= 15 is 0 Å². The molecule has 0 bridgehead atoms. The molecular weight excluding hydrogens is 458 g/mol. The van der Waals surface area contributed by atoms with Crippen LogP contribution in [0.15, 0.2) is 55.0 Å². The number of nitrogens with zero attached hydrogens (tertiary/aromatic N) is 5. The van der Waals surface area contributed by atoms with Crippen LogP contribution in [-0.4, -0.2) is 61.8 Å². The molecule has 0 N–H and O–H groups in total. The number of aryl methyl sites for hydroxylation is 1. The van der Waals surface area contributed by atoms with Crippen molar-refractivity contribution < 1.29 is 22.1 Å². The summed E-state index contributed by atoms with van der Waals surface area (Å²) in [4.78, 5) is 11.2. The first-order chi connectivity index (χ1) is 16.3. The van der Waals surface area contributed by atoms with Crippen LogP contribution in [0.25, 0.3) is 22.3 Å². The maximum absolute atomic E-state index is 11.5. The first kappa shape index (κ1) is 23.5. The zero-order chi connectivity index (χ0) is 24.3. The molecule has 0 fully saturated rings. The van der Waals surface area contributed by atoms with Crippen LogP contribution >= 0.6 is 0 Å². The molecule has 178 valence electrons. The fourth-order valence-corrected chi connectivity index (χ4v) is 3.87. The Morgan fingerprint density at radius 3 is 2.32 bits per heavy atom. The van der Waals surface area contributed by atoms with Gasteiger partial charge in [0.2, 0.25) is 0 Å². The Kier molecular flexibility index (Phi) is 6.66. The summed E-state index contributed by atoms with van der Waals surface area (Å²) in [6.07, 6.45) is 6.34. The first-order valence-electron chi connectivity index (χ1n) is 10.4. The summed E-state index contributed by atoms with van der Waals surface area (Å²) < 4.78 is 40.6. The summed E-state index contributed by atoms with van der Waals surface area (Å²) in [5, 5.41) is 4.20. The highest BCUT2D eigenvalue weighted by molar-refractivity contribution is 7.85. The minimum atomic E-state index is -3.59. The number of anilines is 2. The van der Waals surface area contributed by atoms with E-state index in [9.17, 15) is 8.42 Å². The van der Waals surface area contributed by atoms with E-state index in [-0.39, 0.29) is 13.2 Å². The van der Waals surface area contributed by atoms with Crippen molar-refractivity contribution in [2.24, 2.45) is 7.05 Å². The summed E-state index contributed by atoms with van der Waals surface area (Å²) in [7, 11) is 1.40. The third-order valence-electron chi connectivity index (χ3n) is 5.10. The molecule has 2 aromatic heterocycles. The Morgan fingerprint density at radius 2 is 1.71 bits per heavy atom. The van der Waals surface area contributed by atoms with Gasteiger partial charge in [0.25, 0.3) is 10.1 Å². The average Bonchev–Trinajstić information content (AvgIpc) is 3.26. The number of benzene rings is 2. The van der Waals surface area contributed by atoms with Crippen LogP contribution in [0.3, 0.4) is 0 Å². The van der Waals surface area contributed by atoms with Gasteiger partial charge in [-0.2, -0.15) is 13.5 Å². The predicted octanol–water partition coefficient (Wildman–Crippen LogP) is 3.16. The van der Waals surface area contributed by atoms with Gasteiger partial charge in [0.1, 0.15) is 11.5 Å². The van der Waals surface area contributed by atoms with Crippen molar-refractivity contribution in [2.75, 3.05) is 38.5 Å². The Hall–Kier alpha value is -3.70.